The highest BCUT2D eigenvalue weighted by Gasteiger charge is 2.18. The number of nitrogens with one attached hydrogen (secondary N) is 1. The van der Waals surface area contributed by atoms with Crippen molar-refractivity contribution >= 4 is 29.3 Å². The van der Waals surface area contributed by atoms with Crippen molar-refractivity contribution in [2.45, 2.75) is 39.0 Å². The zero-order valence-electron chi connectivity index (χ0n) is 13.2. The number of thioether (sulfide) groups is 1. The topological polar surface area (TPSA) is 79.2 Å². The Bertz CT molecular complexity index is 600. The lowest BCUT2D eigenvalue weighted by molar-refractivity contribution is -0.149. The molecule has 22 heavy (non-hydrogen) atoms. The van der Waals surface area contributed by atoms with Gasteiger partial charge in [-0.05, 0) is 47.9 Å². The maximum atomic E-state index is 11.8. The Hall–Kier alpha value is -2.00. The van der Waals surface area contributed by atoms with Gasteiger partial charge in [-0.1, -0.05) is 20.8 Å². The number of anilines is 1. The summed E-state index contributed by atoms with van der Waals surface area (Å²) in [7, 11) is 0. The van der Waals surface area contributed by atoms with Crippen molar-refractivity contribution in [3.63, 3.8) is 0 Å². The van der Waals surface area contributed by atoms with E-state index in [9.17, 15) is 9.59 Å². The van der Waals surface area contributed by atoms with Gasteiger partial charge in [0.25, 0.3) is 5.91 Å². The number of nitriles is 1. The molecule has 0 saturated heterocycles. The van der Waals surface area contributed by atoms with Gasteiger partial charge in [-0.3, -0.25) is 9.59 Å². The Labute approximate surface area is 135 Å². The minimum atomic E-state index is -0.389. The number of rotatable bonds is 5. The number of hydrogen-bond acceptors (Lipinski definition) is 5. The smallest absolute Gasteiger partial charge is 0.306 e. The molecular weight excluding hydrogens is 300 g/mol. The van der Waals surface area contributed by atoms with Gasteiger partial charge in [0.1, 0.15) is 5.40 Å². The lowest BCUT2D eigenvalue weighted by Gasteiger charge is -2.16. The second kappa shape index (κ2) is 7.85. The van der Waals surface area contributed by atoms with Crippen molar-refractivity contribution in [3.8, 4) is 5.40 Å². The number of amides is 1. The fraction of sp³-hybridized carbons (Fsp3) is 0.438. The molecule has 0 aliphatic heterocycles. The quantitative estimate of drug-likeness (QED) is 0.510. The average molecular weight is 320 g/mol. The fourth-order valence-corrected chi connectivity index (χ4v) is 2.19. The van der Waals surface area contributed by atoms with Crippen molar-refractivity contribution < 1.29 is 14.3 Å². The number of carbonyl (C=O) groups excluding carboxylic acids is 2. The molecule has 1 amide bonds. The zero-order valence-corrected chi connectivity index (χ0v) is 14.0. The van der Waals surface area contributed by atoms with E-state index in [1.54, 1.807) is 12.1 Å². The lowest BCUT2D eigenvalue weighted by Crippen LogP contribution is -2.23. The van der Waals surface area contributed by atoms with E-state index in [4.69, 9.17) is 10.00 Å². The molecule has 118 valence electrons. The summed E-state index contributed by atoms with van der Waals surface area (Å²) in [5.41, 5.74) is 1.31. The maximum absolute atomic E-state index is 11.8. The molecule has 0 radical (unpaired) electrons. The van der Waals surface area contributed by atoms with Crippen LogP contribution in [0.4, 0.5) is 5.69 Å². The van der Waals surface area contributed by atoms with Gasteiger partial charge in [-0.25, -0.2) is 0 Å². The standard InChI is InChI=1S/C16H20N2O3S/c1-11-7-12(22-10-17)5-6-13(11)18-14(19)9-21-15(20)8-16(2,3)4/h5-7H,8-9H2,1-4H3,(H,18,19). The third-order valence-corrected chi connectivity index (χ3v) is 3.26. The molecule has 1 N–H and O–H groups in total. The Morgan fingerprint density at radius 3 is 2.59 bits per heavy atom. The highest BCUT2D eigenvalue weighted by molar-refractivity contribution is 8.03. The van der Waals surface area contributed by atoms with Crippen LogP contribution < -0.4 is 5.32 Å². The summed E-state index contributed by atoms with van der Waals surface area (Å²) in [4.78, 5) is 24.2. The van der Waals surface area contributed by atoms with E-state index in [-0.39, 0.29) is 30.3 Å². The predicted octanol–water partition coefficient (Wildman–Crippen LogP) is 3.49. The molecule has 0 aliphatic rings. The molecule has 1 aromatic rings. The predicted molar refractivity (Wildman–Crippen MR) is 86.3 cm³/mol. The van der Waals surface area contributed by atoms with Gasteiger partial charge in [-0.2, -0.15) is 5.26 Å². The van der Waals surface area contributed by atoms with E-state index < -0.39 is 0 Å². The maximum Gasteiger partial charge on any atom is 0.306 e. The van der Waals surface area contributed by atoms with E-state index in [0.717, 1.165) is 22.2 Å². The van der Waals surface area contributed by atoms with E-state index in [1.807, 2.05) is 39.2 Å². The molecule has 1 rings (SSSR count). The van der Waals surface area contributed by atoms with Gasteiger partial charge in [0.15, 0.2) is 6.61 Å². The van der Waals surface area contributed by atoms with Crippen molar-refractivity contribution in [3.05, 3.63) is 23.8 Å². The average Bonchev–Trinajstić information content (AvgIpc) is 2.38. The third kappa shape index (κ3) is 6.64. The van der Waals surface area contributed by atoms with Crippen LogP contribution in [-0.2, 0) is 14.3 Å². The minimum Gasteiger partial charge on any atom is -0.456 e. The molecule has 0 aromatic heterocycles. The van der Waals surface area contributed by atoms with Gasteiger partial charge in [-0.15, -0.1) is 0 Å². The number of aryl methyl sites for hydroxylation is 1. The first-order chi connectivity index (χ1) is 10.2. The summed E-state index contributed by atoms with van der Waals surface area (Å²) in [6, 6.07) is 5.29. The van der Waals surface area contributed by atoms with Gasteiger partial charge < -0.3 is 10.1 Å². The van der Waals surface area contributed by atoms with Crippen molar-refractivity contribution in [1.29, 1.82) is 5.26 Å². The molecule has 0 aliphatic carbocycles. The van der Waals surface area contributed by atoms with Crippen LogP contribution in [0.1, 0.15) is 32.8 Å². The largest absolute Gasteiger partial charge is 0.456 e. The van der Waals surface area contributed by atoms with Crippen LogP contribution in [0.2, 0.25) is 0 Å². The second-order valence-corrected chi connectivity index (χ2v) is 6.97. The van der Waals surface area contributed by atoms with E-state index >= 15 is 0 Å². The molecule has 0 fully saturated rings. The Morgan fingerprint density at radius 1 is 1.36 bits per heavy atom. The van der Waals surface area contributed by atoms with E-state index in [0.29, 0.717) is 5.69 Å². The summed E-state index contributed by atoms with van der Waals surface area (Å²) in [6.45, 7) is 7.32. The fourth-order valence-electron chi connectivity index (χ4n) is 1.71. The zero-order chi connectivity index (χ0) is 16.8. The number of thiocyanates is 1. The lowest BCUT2D eigenvalue weighted by atomic mass is 9.92. The monoisotopic (exact) mass is 320 g/mol. The summed E-state index contributed by atoms with van der Waals surface area (Å²) in [6.07, 6.45) is 0.263. The molecule has 0 unspecified atom stereocenters. The summed E-state index contributed by atoms with van der Waals surface area (Å²) < 4.78 is 4.96. The second-order valence-electron chi connectivity index (χ2n) is 6.12. The molecule has 0 spiro atoms. The molecule has 0 heterocycles. The Balaban J connectivity index is 2.52. The molecule has 0 atom stereocenters. The highest BCUT2D eigenvalue weighted by Crippen LogP contribution is 2.23. The van der Waals surface area contributed by atoms with Crippen LogP contribution in [0.25, 0.3) is 0 Å². The van der Waals surface area contributed by atoms with Gasteiger partial charge in [0.2, 0.25) is 0 Å². The SMILES string of the molecule is Cc1cc(SC#N)ccc1NC(=O)COC(=O)CC(C)(C)C. The van der Waals surface area contributed by atoms with Crippen LogP contribution in [0.3, 0.4) is 0 Å². The summed E-state index contributed by atoms with van der Waals surface area (Å²) in [5, 5.41) is 13.3. The summed E-state index contributed by atoms with van der Waals surface area (Å²) in [5.74, 6) is -0.772. The first-order valence-corrected chi connectivity index (χ1v) is 7.65. The van der Waals surface area contributed by atoms with Crippen LogP contribution >= 0.6 is 11.8 Å². The van der Waals surface area contributed by atoms with Gasteiger partial charge >= 0.3 is 5.97 Å². The van der Waals surface area contributed by atoms with Crippen LogP contribution in [0.5, 0.6) is 0 Å². The van der Waals surface area contributed by atoms with Crippen molar-refractivity contribution in [1.82, 2.24) is 0 Å². The number of carbonyl (C=O) groups is 2. The van der Waals surface area contributed by atoms with Gasteiger partial charge in [0.05, 0.1) is 6.42 Å². The van der Waals surface area contributed by atoms with Crippen molar-refractivity contribution in [2.24, 2.45) is 5.41 Å². The highest BCUT2D eigenvalue weighted by atomic mass is 32.2. The molecular formula is C16H20N2O3S. The first kappa shape index (κ1) is 18.1. The molecule has 0 saturated carbocycles. The molecule has 5 nitrogen and oxygen atoms in total. The molecule has 0 bridgehead atoms. The third-order valence-electron chi connectivity index (χ3n) is 2.67. The molecule has 6 heteroatoms. The van der Waals surface area contributed by atoms with Crippen LogP contribution in [-0.4, -0.2) is 18.5 Å². The normalized spacial score (nSPS) is 10.7. The first-order valence-electron chi connectivity index (χ1n) is 6.83. The van der Waals surface area contributed by atoms with E-state index in [2.05, 4.69) is 5.32 Å². The number of nitrogens with zero attached hydrogens (tertiary/aromatic N) is 1. The van der Waals surface area contributed by atoms with Crippen LogP contribution in [0, 0.1) is 23.0 Å². The minimum absolute atomic E-state index is 0.168. The Morgan fingerprint density at radius 2 is 2.05 bits per heavy atom. The molecule has 1 aromatic carbocycles. The number of hydrogen-bond donors (Lipinski definition) is 1. The number of ether oxygens (including phenoxy) is 1. The Kier molecular flexibility index (Phi) is 6.44. The summed E-state index contributed by atoms with van der Waals surface area (Å²) >= 11 is 1.06. The number of esters is 1. The van der Waals surface area contributed by atoms with E-state index in [1.165, 1.54) is 0 Å². The number of benzene rings is 1. The van der Waals surface area contributed by atoms with Crippen LogP contribution in [0.15, 0.2) is 23.1 Å². The van der Waals surface area contributed by atoms with Gasteiger partial charge in [0, 0.05) is 10.6 Å². The van der Waals surface area contributed by atoms with Crippen molar-refractivity contribution in [2.75, 3.05) is 11.9 Å².